The number of methoxy groups -OCH3 is 1. The Balaban J connectivity index is 1.82. The number of aromatic hydroxyl groups is 3. The van der Waals surface area contributed by atoms with Crippen molar-refractivity contribution in [3.63, 3.8) is 0 Å². The summed E-state index contributed by atoms with van der Waals surface area (Å²) in [6.07, 6.45) is -0.304. The van der Waals surface area contributed by atoms with Crippen LogP contribution in [0.4, 0.5) is 0 Å². The van der Waals surface area contributed by atoms with E-state index in [1.807, 2.05) is 0 Å². The predicted molar refractivity (Wildman–Crippen MR) is 113 cm³/mol. The number of phenolic OH excluding ortho intramolecular Hbond substituents is 3. The van der Waals surface area contributed by atoms with Crippen LogP contribution in [0.5, 0.6) is 28.7 Å². The number of phenols is 3. The maximum absolute atomic E-state index is 12.9. The number of hydrogen-bond acceptors (Lipinski definition) is 9. The first-order chi connectivity index (χ1) is 15.1. The largest absolute Gasteiger partial charge is 0.507 e. The normalized spacial score (nSPS) is 15.6. The van der Waals surface area contributed by atoms with Crippen LogP contribution in [0.15, 0.2) is 30.3 Å². The zero-order chi connectivity index (χ0) is 23.6. The highest BCUT2D eigenvalue weighted by atomic mass is 16.5. The van der Waals surface area contributed by atoms with Crippen LogP contribution in [0.25, 0.3) is 5.76 Å². The number of ketones is 2. The smallest absolute Gasteiger partial charge is 0.201 e. The summed E-state index contributed by atoms with van der Waals surface area (Å²) in [5.74, 6) is -3.24. The second kappa shape index (κ2) is 9.19. The van der Waals surface area contributed by atoms with Crippen molar-refractivity contribution in [2.75, 3.05) is 13.7 Å². The number of ether oxygens (including phenoxy) is 2. The highest BCUT2D eigenvalue weighted by Gasteiger charge is 2.31. The summed E-state index contributed by atoms with van der Waals surface area (Å²) in [7, 11) is 1.40. The van der Waals surface area contributed by atoms with Crippen molar-refractivity contribution in [3.05, 3.63) is 47.0 Å². The third kappa shape index (κ3) is 4.62. The van der Waals surface area contributed by atoms with Crippen molar-refractivity contribution in [1.29, 1.82) is 0 Å². The van der Waals surface area contributed by atoms with Gasteiger partial charge in [0.05, 0.1) is 25.2 Å². The highest BCUT2D eigenvalue weighted by Crippen LogP contribution is 2.48. The van der Waals surface area contributed by atoms with E-state index in [1.165, 1.54) is 26.2 Å². The van der Waals surface area contributed by atoms with Crippen LogP contribution in [0.1, 0.15) is 36.1 Å². The minimum absolute atomic E-state index is 0.00176. The molecule has 1 aliphatic rings. The van der Waals surface area contributed by atoms with Gasteiger partial charge in [-0.3, -0.25) is 4.79 Å². The van der Waals surface area contributed by atoms with E-state index in [0.29, 0.717) is 5.56 Å². The van der Waals surface area contributed by atoms with E-state index in [2.05, 4.69) is 0 Å². The number of fused-ring (bicyclic) bond motifs is 1. The van der Waals surface area contributed by atoms with Gasteiger partial charge in [0, 0.05) is 18.4 Å². The number of Topliss-reactive ketones (excluding diaryl/α,β-unsaturated/α-hetero) is 2. The molecule has 0 spiro atoms. The molecule has 5 N–H and O–H groups in total. The number of hydrogen-bond donors (Lipinski definition) is 5. The lowest BCUT2D eigenvalue weighted by atomic mass is 9.94. The molecule has 0 aliphatic heterocycles. The Morgan fingerprint density at radius 2 is 1.81 bits per heavy atom. The van der Waals surface area contributed by atoms with Crippen LogP contribution in [-0.2, 0) is 16.0 Å². The molecule has 1 aliphatic carbocycles. The fraction of sp³-hybridized carbons (Fsp3) is 0.304. The average Bonchev–Trinajstić information content (AvgIpc) is 3.00. The van der Waals surface area contributed by atoms with Gasteiger partial charge >= 0.3 is 0 Å². The lowest BCUT2D eigenvalue weighted by Crippen LogP contribution is -2.26. The first-order valence-corrected chi connectivity index (χ1v) is 9.81. The first kappa shape index (κ1) is 23.0. The molecule has 0 saturated heterocycles. The molecule has 0 bridgehead atoms. The summed E-state index contributed by atoms with van der Waals surface area (Å²) in [6, 6.07) is 5.63. The van der Waals surface area contributed by atoms with Gasteiger partial charge in [0.15, 0.2) is 23.0 Å². The van der Waals surface area contributed by atoms with E-state index in [-0.39, 0.29) is 65.1 Å². The van der Waals surface area contributed by atoms with Crippen molar-refractivity contribution < 1.29 is 44.6 Å². The third-order valence-corrected chi connectivity index (χ3v) is 5.20. The zero-order valence-corrected chi connectivity index (χ0v) is 17.5. The number of benzene rings is 2. The molecule has 170 valence electrons. The molecule has 0 fully saturated rings. The first-order valence-electron chi connectivity index (χ1n) is 9.81. The van der Waals surface area contributed by atoms with Crippen molar-refractivity contribution in [1.82, 2.24) is 0 Å². The van der Waals surface area contributed by atoms with Gasteiger partial charge in [0.2, 0.25) is 5.75 Å². The molecule has 2 atom stereocenters. The SMILES string of the molecule is COc1ccc(CC(=O)C(COc2c(O)c(O)cc3c2C(O)=CC3O)CC(C)=O)cc1O. The zero-order valence-electron chi connectivity index (χ0n) is 17.5. The monoisotopic (exact) mass is 444 g/mol. The topological polar surface area (TPSA) is 154 Å². The summed E-state index contributed by atoms with van der Waals surface area (Å²) < 4.78 is 10.6. The van der Waals surface area contributed by atoms with E-state index in [0.717, 1.165) is 12.1 Å². The van der Waals surface area contributed by atoms with Crippen LogP contribution in [0.2, 0.25) is 0 Å². The molecule has 0 amide bonds. The second-order valence-corrected chi connectivity index (χ2v) is 7.60. The summed E-state index contributed by atoms with van der Waals surface area (Å²) in [4.78, 5) is 24.6. The van der Waals surface area contributed by atoms with E-state index in [1.54, 1.807) is 6.07 Å². The quantitative estimate of drug-likeness (QED) is 0.367. The van der Waals surface area contributed by atoms with Gasteiger partial charge in [-0.15, -0.1) is 0 Å². The number of carbonyl (C=O) groups is 2. The predicted octanol–water partition coefficient (Wildman–Crippen LogP) is 2.54. The lowest BCUT2D eigenvalue weighted by molar-refractivity contribution is -0.127. The molecule has 0 aromatic heterocycles. The average molecular weight is 444 g/mol. The molecular weight excluding hydrogens is 420 g/mol. The summed E-state index contributed by atoms with van der Waals surface area (Å²) in [5, 5.41) is 50.2. The van der Waals surface area contributed by atoms with Gasteiger partial charge in [-0.2, -0.15) is 0 Å². The molecular formula is C23H24O9. The van der Waals surface area contributed by atoms with Crippen LogP contribution in [0.3, 0.4) is 0 Å². The van der Waals surface area contributed by atoms with Gasteiger partial charge < -0.3 is 39.8 Å². The fourth-order valence-corrected chi connectivity index (χ4v) is 3.60. The fourth-order valence-electron chi connectivity index (χ4n) is 3.60. The minimum Gasteiger partial charge on any atom is -0.507 e. The maximum Gasteiger partial charge on any atom is 0.201 e. The Hall–Kier alpha value is -3.72. The molecule has 0 saturated carbocycles. The van der Waals surface area contributed by atoms with Gasteiger partial charge in [-0.05, 0) is 36.8 Å². The Labute approximate surface area is 183 Å². The Morgan fingerprint density at radius 1 is 1.09 bits per heavy atom. The third-order valence-electron chi connectivity index (χ3n) is 5.20. The minimum atomic E-state index is -1.20. The summed E-state index contributed by atoms with van der Waals surface area (Å²) in [6.45, 7) is 1.00. The summed E-state index contributed by atoms with van der Waals surface area (Å²) >= 11 is 0. The number of aliphatic hydroxyl groups is 2. The van der Waals surface area contributed by atoms with Gasteiger partial charge in [0.1, 0.15) is 23.4 Å². The van der Waals surface area contributed by atoms with Gasteiger partial charge in [0.25, 0.3) is 0 Å². The molecule has 2 unspecified atom stereocenters. The van der Waals surface area contributed by atoms with Crippen molar-refractivity contribution >= 4 is 17.3 Å². The molecule has 0 radical (unpaired) electrons. The van der Waals surface area contributed by atoms with Crippen LogP contribution in [0, 0.1) is 5.92 Å². The number of aliphatic hydroxyl groups excluding tert-OH is 2. The molecule has 9 nitrogen and oxygen atoms in total. The molecule has 9 heteroatoms. The van der Waals surface area contributed by atoms with E-state index >= 15 is 0 Å². The van der Waals surface area contributed by atoms with Crippen LogP contribution < -0.4 is 9.47 Å². The lowest BCUT2D eigenvalue weighted by Gasteiger charge is -2.19. The molecule has 0 heterocycles. The van der Waals surface area contributed by atoms with E-state index in [9.17, 15) is 35.1 Å². The van der Waals surface area contributed by atoms with Gasteiger partial charge in [-0.25, -0.2) is 0 Å². The molecule has 2 aromatic carbocycles. The molecule has 3 rings (SSSR count). The molecule has 2 aromatic rings. The Bertz CT molecular complexity index is 1090. The van der Waals surface area contributed by atoms with Crippen molar-refractivity contribution in [2.45, 2.75) is 25.9 Å². The Morgan fingerprint density at radius 3 is 2.44 bits per heavy atom. The van der Waals surface area contributed by atoms with E-state index < -0.39 is 23.5 Å². The van der Waals surface area contributed by atoms with Crippen molar-refractivity contribution in [2.24, 2.45) is 5.92 Å². The Kier molecular flexibility index (Phi) is 6.59. The second-order valence-electron chi connectivity index (χ2n) is 7.60. The number of carbonyl (C=O) groups excluding carboxylic acids is 2. The van der Waals surface area contributed by atoms with Crippen LogP contribution in [-0.4, -0.2) is 50.8 Å². The molecule has 32 heavy (non-hydrogen) atoms. The summed E-state index contributed by atoms with van der Waals surface area (Å²) in [5.41, 5.74) is 0.643. The van der Waals surface area contributed by atoms with Crippen molar-refractivity contribution in [3.8, 4) is 28.7 Å². The van der Waals surface area contributed by atoms with Crippen LogP contribution >= 0.6 is 0 Å². The highest BCUT2D eigenvalue weighted by molar-refractivity contribution is 5.88. The van der Waals surface area contributed by atoms with Gasteiger partial charge in [-0.1, -0.05) is 6.07 Å². The maximum atomic E-state index is 12.9. The number of rotatable bonds is 9. The van der Waals surface area contributed by atoms with E-state index in [4.69, 9.17) is 9.47 Å². The standard InChI is InChI=1S/C23H24O9/c1-11(24)5-13(15(25)6-12-3-4-20(31-2)17(27)7-12)10-32-23-21-14(8-19(29)22(23)30)16(26)9-18(21)28/h3-4,7-9,13,16,26-30H,5-6,10H2,1-2H3.